The van der Waals surface area contributed by atoms with Crippen molar-refractivity contribution >= 4 is 17.2 Å². The number of aryl methyl sites for hydroxylation is 1. The molecule has 0 saturated heterocycles. The highest BCUT2D eigenvalue weighted by atomic mass is 32.1. The van der Waals surface area contributed by atoms with Gasteiger partial charge >= 0.3 is 0 Å². The van der Waals surface area contributed by atoms with Crippen molar-refractivity contribution in [2.75, 3.05) is 0 Å². The van der Waals surface area contributed by atoms with Gasteiger partial charge in [0, 0.05) is 5.56 Å². The number of hydrogen-bond acceptors (Lipinski definition) is 2. The van der Waals surface area contributed by atoms with E-state index in [2.05, 4.69) is 20.8 Å². The van der Waals surface area contributed by atoms with Gasteiger partial charge < -0.3 is 10.5 Å². The minimum Gasteiger partial charge on any atom is -0.490 e. The molecule has 0 radical (unpaired) electrons. The Balaban J connectivity index is 2.75. The Morgan fingerprint density at radius 2 is 2.00 bits per heavy atom. The Kier molecular flexibility index (Phi) is 4.94. The topological polar surface area (TPSA) is 35.2 Å². The fraction of sp³-hybridized carbons (Fsp3) is 0.500. The summed E-state index contributed by atoms with van der Waals surface area (Å²) >= 11 is 4.95. The fourth-order valence-corrected chi connectivity index (χ4v) is 1.99. The molecule has 3 heteroatoms. The van der Waals surface area contributed by atoms with E-state index in [9.17, 15) is 0 Å². The molecule has 0 aliphatic heterocycles. The van der Waals surface area contributed by atoms with E-state index in [4.69, 9.17) is 22.7 Å². The summed E-state index contributed by atoms with van der Waals surface area (Å²) in [5, 5.41) is 0. The molecule has 1 rings (SSSR count). The van der Waals surface area contributed by atoms with Crippen LogP contribution >= 0.6 is 12.2 Å². The van der Waals surface area contributed by atoms with Gasteiger partial charge in [0.15, 0.2) is 0 Å². The van der Waals surface area contributed by atoms with Crippen LogP contribution in [0.25, 0.3) is 0 Å². The molecule has 1 aromatic rings. The number of thiocarbonyl (C=S) groups is 1. The molecule has 0 aliphatic carbocycles. The number of rotatable bonds is 5. The Morgan fingerprint density at radius 1 is 1.35 bits per heavy atom. The van der Waals surface area contributed by atoms with Crippen molar-refractivity contribution in [3.63, 3.8) is 0 Å². The van der Waals surface area contributed by atoms with Gasteiger partial charge in [-0.3, -0.25) is 0 Å². The van der Waals surface area contributed by atoms with Crippen LogP contribution in [0.3, 0.4) is 0 Å². The van der Waals surface area contributed by atoms with E-state index < -0.39 is 0 Å². The van der Waals surface area contributed by atoms with Crippen LogP contribution in [-0.2, 0) is 0 Å². The Hall–Kier alpha value is -1.09. The molecule has 1 atom stereocenters. The Bertz CT molecular complexity index is 401. The molecular weight excluding hydrogens is 230 g/mol. The molecule has 0 amide bonds. The SMILES string of the molecule is Cc1cc(C(N)=S)ccc1OC(C)CC(C)C. The molecule has 0 heterocycles. The molecule has 0 saturated carbocycles. The zero-order valence-electron chi connectivity index (χ0n) is 11.0. The third kappa shape index (κ3) is 4.35. The van der Waals surface area contributed by atoms with Gasteiger partial charge in [-0.05, 0) is 49.9 Å². The summed E-state index contributed by atoms with van der Waals surface area (Å²) in [5.74, 6) is 1.55. The molecule has 0 fully saturated rings. The zero-order chi connectivity index (χ0) is 13.0. The van der Waals surface area contributed by atoms with Gasteiger partial charge in [0.05, 0.1) is 6.10 Å². The lowest BCUT2D eigenvalue weighted by Crippen LogP contribution is -2.15. The van der Waals surface area contributed by atoms with Crippen molar-refractivity contribution in [3.05, 3.63) is 29.3 Å². The predicted molar refractivity (Wildman–Crippen MR) is 76.6 cm³/mol. The third-order valence-corrected chi connectivity index (χ3v) is 2.83. The van der Waals surface area contributed by atoms with Gasteiger partial charge in [-0.15, -0.1) is 0 Å². The third-order valence-electron chi connectivity index (χ3n) is 2.59. The Morgan fingerprint density at radius 3 is 2.47 bits per heavy atom. The van der Waals surface area contributed by atoms with Crippen LogP contribution in [0.15, 0.2) is 18.2 Å². The normalized spacial score (nSPS) is 12.5. The second-order valence-corrected chi connectivity index (χ2v) is 5.34. The first-order valence-electron chi connectivity index (χ1n) is 5.97. The largest absolute Gasteiger partial charge is 0.490 e. The summed E-state index contributed by atoms with van der Waals surface area (Å²) in [6.45, 7) is 8.51. The van der Waals surface area contributed by atoms with Crippen molar-refractivity contribution in [1.82, 2.24) is 0 Å². The highest BCUT2D eigenvalue weighted by molar-refractivity contribution is 7.80. The quantitative estimate of drug-likeness (QED) is 0.814. The highest BCUT2D eigenvalue weighted by Crippen LogP contribution is 2.22. The van der Waals surface area contributed by atoms with Gasteiger partial charge in [0.25, 0.3) is 0 Å². The van der Waals surface area contributed by atoms with Crippen LogP contribution in [-0.4, -0.2) is 11.1 Å². The number of hydrogen-bond donors (Lipinski definition) is 1. The van der Waals surface area contributed by atoms with E-state index in [0.29, 0.717) is 10.9 Å². The van der Waals surface area contributed by atoms with Crippen molar-refractivity contribution in [3.8, 4) is 5.75 Å². The minimum absolute atomic E-state index is 0.226. The van der Waals surface area contributed by atoms with Crippen LogP contribution < -0.4 is 10.5 Å². The average molecular weight is 251 g/mol. The number of ether oxygens (including phenoxy) is 1. The molecular formula is C14H21NOS. The molecule has 0 aliphatic rings. The fourth-order valence-electron chi connectivity index (χ4n) is 1.86. The van der Waals surface area contributed by atoms with E-state index in [-0.39, 0.29) is 6.10 Å². The average Bonchev–Trinajstić information content (AvgIpc) is 2.19. The van der Waals surface area contributed by atoms with E-state index in [1.807, 2.05) is 25.1 Å². The first-order chi connectivity index (χ1) is 7.90. The molecule has 1 unspecified atom stereocenters. The molecule has 2 nitrogen and oxygen atoms in total. The Labute approximate surface area is 109 Å². The second-order valence-electron chi connectivity index (χ2n) is 4.90. The molecule has 2 N–H and O–H groups in total. The predicted octanol–water partition coefficient (Wildman–Crippen LogP) is 3.44. The summed E-state index contributed by atoms with van der Waals surface area (Å²) in [6, 6.07) is 5.83. The van der Waals surface area contributed by atoms with Crippen molar-refractivity contribution in [2.24, 2.45) is 11.7 Å². The summed E-state index contributed by atoms with van der Waals surface area (Å²) in [7, 11) is 0. The van der Waals surface area contributed by atoms with Crippen LogP contribution in [0.4, 0.5) is 0 Å². The lowest BCUT2D eigenvalue weighted by Gasteiger charge is -2.18. The molecule has 17 heavy (non-hydrogen) atoms. The molecule has 0 bridgehead atoms. The van der Waals surface area contributed by atoms with E-state index >= 15 is 0 Å². The molecule has 94 valence electrons. The van der Waals surface area contributed by atoms with Gasteiger partial charge in [-0.25, -0.2) is 0 Å². The van der Waals surface area contributed by atoms with E-state index in [1.54, 1.807) is 0 Å². The van der Waals surface area contributed by atoms with Crippen molar-refractivity contribution in [2.45, 2.75) is 40.2 Å². The van der Waals surface area contributed by atoms with E-state index in [1.165, 1.54) is 0 Å². The second kappa shape index (κ2) is 6.01. The summed E-state index contributed by atoms with van der Waals surface area (Å²) < 4.78 is 5.91. The monoisotopic (exact) mass is 251 g/mol. The maximum absolute atomic E-state index is 5.91. The first kappa shape index (κ1) is 14.0. The van der Waals surface area contributed by atoms with E-state index in [0.717, 1.165) is 23.3 Å². The van der Waals surface area contributed by atoms with Gasteiger partial charge in [-0.1, -0.05) is 26.1 Å². The molecule has 0 aromatic heterocycles. The van der Waals surface area contributed by atoms with Crippen LogP contribution in [0, 0.1) is 12.8 Å². The first-order valence-corrected chi connectivity index (χ1v) is 6.38. The lowest BCUT2D eigenvalue weighted by atomic mass is 10.1. The number of nitrogens with two attached hydrogens (primary N) is 1. The molecule has 0 spiro atoms. The van der Waals surface area contributed by atoms with Crippen LogP contribution in [0.1, 0.15) is 38.3 Å². The summed E-state index contributed by atoms with van der Waals surface area (Å²) in [5.41, 5.74) is 7.56. The smallest absolute Gasteiger partial charge is 0.122 e. The zero-order valence-corrected chi connectivity index (χ0v) is 11.8. The highest BCUT2D eigenvalue weighted by Gasteiger charge is 2.09. The number of benzene rings is 1. The standard InChI is InChI=1S/C14H21NOS/c1-9(2)7-11(4)16-13-6-5-12(14(15)17)8-10(13)3/h5-6,8-9,11H,7H2,1-4H3,(H2,15,17). The van der Waals surface area contributed by atoms with Gasteiger partial charge in [0.1, 0.15) is 10.7 Å². The van der Waals surface area contributed by atoms with Crippen LogP contribution in [0.5, 0.6) is 5.75 Å². The lowest BCUT2D eigenvalue weighted by molar-refractivity contribution is 0.192. The molecule has 1 aromatic carbocycles. The minimum atomic E-state index is 0.226. The van der Waals surface area contributed by atoms with Crippen LogP contribution in [0.2, 0.25) is 0 Å². The summed E-state index contributed by atoms with van der Waals surface area (Å²) in [4.78, 5) is 0.426. The maximum Gasteiger partial charge on any atom is 0.122 e. The summed E-state index contributed by atoms with van der Waals surface area (Å²) in [6.07, 6.45) is 1.28. The van der Waals surface area contributed by atoms with Gasteiger partial charge in [-0.2, -0.15) is 0 Å². The van der Waals surface area contributed by atoms with Crippen molar-refractivity contribution in [1.29, 1.82) is 0 Å². The van der Waals surface area contributed by atoms with Gasteiger partial charge in [0.2, 0.25) is 0 Å². The van der Waals surface area contributed by atoms with Crippen molar-refractivity contribution < 1.29 is 4.74 Å². The maximum atomic E-state index is 5.91.